The maximum absolute atomic E-state index is 13.6. The highest BCUT2D eigenvalue weighted by Gasteiger charge is 2.57. The minimum absolute atomic E-state index is 0.196. The zero-order chi connectivity index (χ0) is 23.6. The first kappa shape index (κ1) is 23.3. The molecular formula is C23H32N4O6. The average molecular weight is 461 g/mol. The van der Waals surface area contributed by atoms with E-state index in [-0.39, 0.29) is 17.4 Å². The molecule has 1 aromatic rings. The highest BCUT2D eigenvalue weighted by atomic mass is 16.8. The number of carbonyl (C=O) groups excluding carboxylic acids is 3. The van der Waals surface area contributed by atoms with Crippen LogP contribution in [0.5, 0.6) is 0 Å². The van der Waals surface area contributed by atoms with E-state index < -0.39 is 24.0 Å². The molecule has 10 nitrogen and oxygen atoms in total. The van der Waals surface area contributed by atoms with E-state index in [1.54, 1.807) is 24.2 Å². The summed E-state index contributed by atoms with van der Waals surface area (Å²) in [5.74, 6) is -1.77. The fraction of sp³-hybridized carbons (Fsp3) is 0.609. The lowest BCUT2D eigenvalue weighted by Crippen LogP contribution is -2.62. The van der Waals surface area contributed by atoms with Gasteiger partial charge in [0.15, 0.2) is 0 Å². The molecule has 33 heavy (non-hydrogen) atoms. The minimum atomic E-state index is -1.02. The number of rotatable bonds is 5. The van der Waals surface area contributed by atoms with Crippen LogP contribution in [0, 0.1) is 11.3 Å². The summed E-state index contributed by atoms with van der Waals surface area (Å²) in [6.45, 7) is 6.03. The van der Waals surface area contributed by atoms with Crippen LogP contribution in [0.3, 0.4) is 0 Å². The van der Waals surface area contributed by atoms with Crippen molar-refractivity contribution in [1.82, 2.24) is 15.4 Å². The highest BCUT2D eigenvalue weighted by molar-refractivity contribution is 5.90. The average Bonchev–Trinajstić information content (AvgIpc) is 3.56. The summed E-state index contributed by atoms with van der Waals surface area (Å²) in [4.78, 5) is 47.9. The van der Waals surface area contributed by atoms with E-state index in [0.29, 0.717) is 39.1 Å². The summed E-state index contributed by atoms with van der Waals surface area (Å²) >= 11 is 0. The van der Waals surface area contributed by atoms with Crippen LogP contribution in [0.4, 0.5) is 10.5 Å². The lowest BCUT2D eigenvalue weighted by atomic mass is 9.81. The van der Waals surface area contributed by atoms with Crippen LogP contribution in [-0.4, -0.2) is 78.0 Å². The molecule has 180 valence electrons. The van der Waals surface area contributed by atoms with Crippen molar-refractivity contribution in [2.45, 2.75) is 45.3 Å². The van der Waals surface area contributed by atoms with Gasteiger partial charge in [-0.3, -0.25) is 14.8 Å². The van der Waals surface area contributed by atoms with E-state index in [4.69, 9.17) is 9.57 Å². The molecule has 3 fully saturated rings. The van der Waals surface area contributed by atoms with Crippen LogP contribution in [0.2, 0.25) is 0 Å². The Kier molecular flexibility index (Phi) is 6.76. The molecule has 1 saturated carbocycles. The number of anilines is 1. The Labute approximate surface area is 193 Å². The fourth-order valence-corrected chi connectivity index (χ4v) is 4.84. The Balaban J connectivity index is 1.51. The number of hydroxylamine groups is 3. The molecule has 1 aromatic carbocycles. The summed E-state index contributed by atoms with van der Waals surface area (Å²) in [6.07, 6.45) is 0.917. The van der Waals surface area contributed by atoms with E-state index >= 15 is 0 Å². The van der Waals surface area contributed by atoms with Crippen LogP contribution in [0.1, 0.15) is 33.1 Å². The third-order valence-corrected chi connectivity index (χ3v) is 6.73. The van der Waals surface area contributed by atoms with Gasteiger partial charge in [-0.15, -0.1) is 5.06 Å². The van der Waals surface area contributed by atoms with Crippen LogP contribution in [0.15, 0.2) is 30.3 Å². The van der Waals surface area contributed by atoms with Crippen LogP contribution in [-0.2, 0) is 19.2 Å². The first-order valence-corrected chi connectivity index (χ1v) is 11.5. The van der Waals surface area contributed by atoms with Crippen molar-refractivity contribution < 1.29 is 29.2 Å². The van der Waals surface area contributed by atoms with Gasteiger partial charge in [0, 0.05) is 38.4 Å². The second-order valence-corrected chi connectivity index (χ2v) is 9.46. The largest absolute Gasteiger partial charge is 0.528 e. The monoisotopic (exact) mass is 460 g/mol. The summed E-state index contributed by atoms with van der Waals surface area (Å²) < 4.78 is 5.12. The molecule has 2 heterocycles. The summed E-state index contributed by atoms with van der Waals surface area (Å²) in [5, 5.41) is 10.7. The number of piperidine rings is 1. The van der Waals surface area contributed by atoms with Gasteiger partial charge < -0.3 is 19.4 Å². The van der Waals surface area contributed by atoms with E-state index in [0.717, 1.165) is 18.5 Å². The topological polar surface area (TPSA) is 112 Å². The molecule has 0 bridgehead atoms. The van der Waals surface area contributed by atoms with Gasteiger partial charge in [0.2, 0.25) is 11.8 Å². The molecule has 4 rings (SSSR count). The maximum atomic E-state index is 13.6. The second kappa shape index (κ2) is 9.56. The number of benzene rings is 1. The molecule has 2 amide bonds. The third kappa shape index (κ3) is 5.22. The number of ether oxygens (including phenoxy) is 1. The summed E-state index contributed by atoms with van der Waals surface area (Å²) in [5.41, 5.74) is 2.60. The number of carbonyl (C=O) groups is 3. The van der Waals surface area contributed by atoms with Gasteiger partial charge in [0.05, 0.1) is 12.0 Å². The Morgan fingerprint density at radius 2 is 1.76 bits per heavy atom. The molecular weight excluding hydrogens is 428 g/mol. The predicted octanol–water partition coefficient (Wildman–Crippen LogP) is 1.79. The normalized spacial score (nSPS) is 24.5. The van der Waals surface area contributed by atoms with Crippen LogP contribution in [0.25, 0.3) is 0 Å². The van der Waals surface area contributed by atoms with Crippen molar-refractivity contribution in [3.05, 3.63) is 30.3 Å². The van der Waals surface area contributed by atoms with Crippen molar-refractivity contribution in [1.29, 1.82) is 0 Å². The van der Waals surface area contributed by atoms with Crippen molar-refractivity contribution >= 4 is 23.7 Å². The Hall–Kier alpha value is -2.85. The molecule has 1 spiro atoms. The van der Waals surface area contributed by atoms with Gasteiger partial charge in [-0.25, -0.2) is 10.3 Å². The Morgan fingerprint density at radius 1 is 1.09 bits per heavy atom. The molecule has 2 N–H and O–H groups in total. The molecule has 0 radical (unpaired) electrons. The number of hydrogen-bond donors (Lipinski definition) is 2. The standard InChI is InChI=1S/C23H32N4O6/c1-16(2)32-22(30)33-27-15-23(8-9-23)14-18(20(28)24-31)19(27)21(29)26-12-10-25(11-13-26)17-6-4-3-5-7-17/h3-7,16,18-19,31H,8-15H2,1-2H3,(H,24,28). The molecule has 2 unspecified atom stereocenters. The second-order valence-electron chi connectivity index (χ2n) is 9.46. The highest BCUT2D eigenvalue weighted by Crippen LogP contribution is 2.55. The van der Waals surface area contributed by atoms with Crippen molar-refractivity contribution in [3.8, 4) is 0 Å². The number of para-hydroxylation sites is 1. The number of amides is 2. The summed E-state index contributed by atoms with van der Waals surface area (Å²) in [7, 11) is 0. The predicted molar refractivity (Wildman–Crippen MR) is 118 cm³/mol. The van der Waals surface area contributed by atoms with Gasteiger partial charge >= 0.3 is 6.16 Å². The molecule has 0 aromatic heterocycles. The van der Waals surface area contributed by atoms with Gasteiger partial charge in [0.1, 0.15) is 6.04 Å². The molecule has 3 aliphatic rings. The van der Waals surface area contributed by atoms with Crippen LogP contribution >= 0.6 is 0 Å². The SMILES string of the molecule is CC(C)OC(=O)ON1CC2(CC2)CC(C(=O)NO)C1C(=O)N1CCN(c2ccccc2)CC1. The third-order valence-electron chi connectivity index (χ3n) is 6.73. The van der Waals surface area contributed by atoms with Crippen molar-refractivity contribution in [2.24, 2.45) is 11.3 Å². The zero-order valence-corrected chi connectivity index (χ0v) is 19.1. The van der Waals surface area contributed by atoms with Crippen molar-refractivity contribution in [2.75, 3.05) is 37.6 Å². The minimum Gasteiger partial charge on any atom is -0.430 e. The number of hydrogen-bond acceptors (Lipinski definition) is 8. The van der Waals surface area contributed by atoms with E-state index in [9.17, 15) is 19.6 Å². The quantitative estimate of drug-likeness (QED) is 0.389. The lowest BCUT2D eigenvalue weighted by Gasteiger charge is -2.44. The van der Waals surface area contributed by atoms with Crippen LogP contribution < -0.4 is 10.4 Å². The molecule has 1 aliphatic carbocycles. The zero-order valence-electron chi connectivity index (χ0n) is 19.1. The number of nitrogens with one attached hydrogen (secondary N) is 1. The fourth-order valence-electron chi connectivity index (χ4n) is 4.84. The molecule has 2 saturated heterocycles. The van der Waals surface area contributed by atoms with Gasteiger partial charge in [-0.2, -0.15) is 0 Å². The summed E-state index contributed by atoms with van der Waals surface area (Å²) in [6, 6.07) is 8.96. The van der Waals surface area contributed by atoms with Gasteiger partial charge in [0.25, 0.3) is 0 Å². The lowest BCUT2D eigenvalue weighted by molar-refractivity contribution is -0.206. The van der Waals surface area contributed by atoms with E-state index in [1.807, 2.05) is 30.3 Å². The van der Waals surface area contributed by atoms with Gasteiger partial charge in [-0.1, -0.05) is 18.2 Å². The smallest absolute Gasteiger partial charge is 0.430 e. The first-order valence-electron chi connectivity index (χ1n) is 11.5. The maximum Gasteiger partial charge on any atom is 0.528 e. The molecule has 2 aliphatic heterocycles. The first-order chi connectivity index (χ1) is 15.8. The molecule has 2 atom stereocenters. The number of piperazine rings is 1. The van der Waals surface area contributed by atoms with Gasteiger partial charge in [-0.05, 0) is 50.7 Å². The Bertz CT molecular complexity index is 867. The van der Waals surface area contributed by atoms with E-state index in [1.165, 1.54) is 5.06 Å². The number of nitrogens with zero attached hydrogens (tertiary/aromatic N) is 3. The van der Waals surface area contributed by atoms with E-state index in [2.05, 4.69) is 4.90 Å². The molecule has 10 heteroatoms. The Morgan fingerprint density at radius 3 is 2.33 bits per heavy atom. The van der Waals surface area contributed by atoms with Crippen molar-refractivity contribution in [3.63, 3.8) is 0 Å².